The Kier molecular flexibility index (Phi) is 17.8. The molecule has 0 radical (unpaired) electrons. The topological polar surface area (TPSA) is 32.7 Å². The molecule has 21 heavy (non-hydrogen) atoms. The first kappa shape index (κ1) is 20.9. The van der Waals surface area contributed by atoms with Crippen LogP contribution in [0, 0.1) is 0 Å². The zero-order chi connectivity index (χ0) is 15.6. The highest BCUT2D eigenvalue weighted by Gasteiger charge is 2.03. The van der Waals surface area contributed by atoms with E-state index < -0.39 is 0 Å². The van der Waals surface area contributed by atoms with Crippen LogP contribution >= 0.6 is 0 Å². The average molecular weight is 302 g/mol. The van der Waals surface area contributed by atoms with Gasteiger partial charge in [0.25, 0.3) is 0 Å². The van der Waals surface area contributed by atoms with E-state index in [4.69, 9.17) is 9.84 Å². The smallest absolute Gasteiger partial charge is 0.0466 e. The minimum absolute atomic E-state index is 0.327. The largest absolute Gasteiger partial charge is 0.396 e. The summed E-state index contributed by atoms with van der Waals surface area (Å²) in [5.41, 5.74) is 0. The van der Waals surface area contributed by atoms with E-state index in [1.165, 1.54) is 64.6 Å². The van der Waals surface area contributed by atoms with E-state index in [-0.39, 0.29) is 0 Å². The summed E-state index contributed by atoms with van der Waals surface area (Å²) in [5.74, 6) is 0. The Morgan fingerprint density at radius 3 is 1.76 bits per heavy atom. The number of unbranched alkanes of at least 4 members (excludes halogenated alkanes) is 6. The van der Waals surface area contributed by atoms with Crippen LogP contribution in [-0.2, 0) is 4.74 Å². The molecule has 0 aliphatic carbocycles. The summed E-state index contributed by atoms with van der Waals surface area (Å²) in [4.78, 5) is 2.63. The molecule has 0 aromatic heterocycles. The highest BCUT2D eigenvalue weighted by atomic mass is 16.5. The molecule has 0 rings (SSSR count). The molecular weight excluding hydrogens is 262 g/mol. The Morgan fingerprint density at radius 1 is 0.667 bits per heavy atom. The number of rotatable bonds is 17. The summed E-state index contributed by atoms with van der Waals surface area (Å²) in [6.45, 7) is 10.4. The molecule has 1 N–H and O–H groups in total. The molecule has 0 aliphatic heterocycles. The van der Waals surface area contributed by atoms with Crippen molar-refractivity contribution in [3.8, 4) is 0 Å². The summed E-state index contributed by atoms with van der Waals surface area (Å²) >= 11 is 0. The molecule has 0 spiro atoms. The molecule has 0 atom stereocenters. The number of ether oxygens (including phenoxy) is 1. The first-order chi connectivity index (χ1) is 10.3. The van der Waals surface area contributed by atoms with E-state index >= 15 is 0 Å². The Bertz CT molecular complexity index is 180. The van der Waals surface area contributed by atoms with Gasteiger partial charge in [-0.25, -0.2) is 0 Å². The third kappa shape index (κ3) is 16.1. The molecule has 0 aromatic rings. The van der Waals surface area contributed by atoms with E-state index in [1.807, 2.05) is 0 Å². The number of hydrogen-bond donors (Lipinski definition) is 1. The van der Waals surface area contributed by atoms with Crippen molar-refractivity contribution >= 4 is 0 Å². The second-order valence-corrected chi connectivity index (χ2v) is 6.01. The van der Waals surface area contributed by atoms with Gasteiger partial charge in [0.05, 0.1) is 0 Å². The average Bonchev–Trinajstić information content (AvgIpc) is 2.51. The second kappa shape index (κ2) is 17.9. The van der Waals surface area contributed by atoms with Crippen LogP contribution in [0.5, 0.6) is 0 Å². The predicted molar refractivity (Wildman–Crippen MR) is 91.9 cm³/mol. The first-order valence-corrected chi connectivity index (χ1v) is 9.26. The SMILES string of the molecule is CCCCN(CCCC)CCCCOCCCCCCO. The molecule has 0 saturated carbocycles. The maximum absolute atomic E-state index is 8.68. The third-order valence-corrected chi connectivity index (χ3v) is 3.87. The van der Waals surface area contributed by atoms with Gasteiger partial charge in [0.15, 0.2) is 0 Å². The van der Waals surface area contributed by atoms with Gasteiger partial charge in [-0.3, -0.25) is 0 Å². The minimum Gasteiger partial charge on any atom is -0.396 e. The van der Waals surface area contributed by atoms with Crippen molar-refractivity contribution in [1.29, 1.82) is 0 Å². The molecule has 3 heteroatoms. The Labute approximate surface area is 133 Å². The molecule has 0 heterocycles. The predicted octanol–water partition coefficient (Wildman–Crippen LogP) is 4.24. The maximum Gasteiger partial charge on any atom is 0.0466 e. The lowest BCUT2D eigenvalue weighted by Gasteiger charge is -2.21. The quantitative estimate of drug-likeness (QED) is 0.408. The molecule has 0 saturated heterocycles. The number of aliphatic hydroxyl groups excluding tert-OH is 1. The highest BCUT2D eigenvalue weighted by molar-refractivity contribution is 4.58. The van der Waals surface area contributed by atoms with Crippen molar-refractivity contribution in [2.45, 2.75) is 78.1 Å². The van der Waals surface area contributed by atoms with Gasteiger partial charge in [-0.05, 0) is 58.2 Å². The van der Waals surface area contributed by atoms with Gasteiger partial charge in [-0.2, -0.15) is 0 Å². The molecule has 0 unspecified atom stereocenters. The zero-order valence-corrected chi connectivity index (χ0v) is 14.6. The summed E-state index contributed by atoms with van der Waals surface area (Å²) in [6, 6.07) is 0. The van der Waals surface area contributed by atoms with Crippen LogP contribution in [0.1, 0.15) is 78.1 Å². The third-order valence-electron chi connectivity index (χ3n) is 3.87. The van der Waals surface area contributed by atoms with Crippen LogP contribution in [-0.4, -0.2) is 49.5 Å². The lowest BCUT2D eigenvalue weighted by Crippen LogP contribution is -2.27. The van der Waals surface area contributed by atoms with Crippen LogP contribution in [0.4, 0.5) is 0 Å². The van der Waals surface area contributed by atoms with E-state index in [0.717, 1.165) is 32.5 Å². The van der Waals surface area contributed by atoms with E-state index in [9.17, 15) is 0 Å². The second-order valence-electron chi connectivity index (χ2n) is 6.01. The Hall–Kier alpha value is -0.120. The van der Waals surface area contributed by atoms with Gasteiger partial charge in [0, 0.05) is 19.8 Å². The van der Waals surface area contributed by atoms with Crippen LogP contribution in [0.3, 0.4) is 0 Å². The van der Waals surface area contributed by atoms with Crippen molar-refractivity contribution in [3.05, 3.63) is 0 Å². The normalized spacial score (nSPS) is 11.4. The Balaban J connectivity index is 3.35. The molecule has 0 aliphatic rings. The van der Waals surface area contributed by atoms with E-state index in [2.05, 4.69) is 18.7 Å². The molecule has 3 nitrogen and oxygen atoms in total. The number of nitrogens with zero attached hydrogens (tertiary/aromatic N) is 1. The first-order valence-electron chi connectivity index (χ1n) is 9.26. The van der Waals surface area contributed by atoms with E-state index in [1.54, 1.807) is 0 Å². The van der Waals surface area contributed by atoms with Crippen molar-refractivity contribution in [2.75, 3.05) is 39.5 Å². The van der Waals surface area contributed by atoms with Gasteiger partial charge in [0.2, 0.25) is 0 Å². The van der Waals surface area contributed by atoms with Gasteiger partial charge in [0.1, 0.15) is 0 Å². The fourth-order valence-electron chi connectivity index (χ4n) is 2.41. The fourth-order valence-corrected chi connectivity index (χ4v) is 2.41. The Morgan fingerprint density at radius 2 is 1.19 bits per heavy atom. The van der Waals surface area contributed by atoms with Crippen LogP contribution in [0.2, 0.25) is 0 Å². The van der Waals surface area contributed by atoms with Gasteiger partial charge in [-0.15, -0.1) is 0 Å². The highest BCUT2D eigenvalue weighted by Crippen LogP contribution is 2.03. The standard InChI is InChI=1S/C18H39NO2/c1-3-5-13-19(14-6-4-2)15-9-12-18-21-17-11-8-7-10-16-20/h20H,3-18H2,1-2H3. The molecule has 0 bridgehead atoms. The summed E-state index contributed by atoms with van der Waals surface area (Å²) in [5, 5.41) is 8.68. The molecule has 128 valence electrons. The molecular formula is C18H39NO2. The summed E-state index contributed by atoms with van der Waals surface area (Å²) in [7, 11) is 0. The fraction of sp³-hybridized carbons (Fsp3) is 1.00. The van der Waals surface area contributed by atoms with Crippen LogP contribution < -0.4 is 0 Å². The maximum atomic E-state index is 8.68. The molecule has 0 fully saturated rings. The van der Waals surface area contributed by atoms with E-state index in [0.29, 0.717) is 6.61 Å². The van der Waals surface area contributed by atoms with Gasteiger partial charge < -0.3 is 14.7 Å². The van der Waals surface area contributed by atoms with Crippen LogP contribution in [0.25, 0.3) is 0 Å². The molecule has 0 aromatic carbocycles. The lowest BCUT2D eigenvalue weighted by molar-refractivity contribution is 0.122. The van der Waals surface area contributed by atoms with Crippen LogP contribution in [0.15, 0.2) is 0 Å². The van der Waals surface area contributed by atoms with Crippen molar-refractivity contribution in [1.82, 2.24) is 4.90 Å². The minimum atomic E-state index is 0.327. The zero-order valence-electron chi connectivity index (χ0n) is 14.6. The lowest BCUT2D eigenvalue weighted by atomic mass is 10.2. The van der Waals surface area contributed by atoms with Crippen molar-refractivity contribution in [2.24, 2.45) is 0 Å². The van der Waals surface area contributed by atoms with Gasteiger partial charge >= 0.3 is 0 Å². The van der Waals surface area contributed by atoms with Gasteiger partial charge in [-0.1, -0.05) is 39.5 Å². The number of aliphatic hydroxyl groups is 1. The van der Waals surface area contributed by atoms with Crippen molar-refractivity contribution in [3.63, 3.8) is 0 Å². The number of hydrogen-bond acceptors (Lipinski definition) is 3. The monoisotopic (exact) mass is 301 g/mol. The van der Waals surface area contributed by atoms with Crippen molar-refractivity contribution < 1.29 is 9.84 Å². The summed E-state index contributed by atoms with van der Waals surface area (Å²) < 4.78 is 5.68. The molecule has 0 amide bonds. The summed E-state index contributed by atoms with van der Waals surface area (Å²) in [6.07, 6.45) is 12.1.